The third-order valence-corrected chi connectivity index (χ3v) is 5.78. The summed E-state index contributed by atoms with van der Waals surface area (Å²) < 4.78 is 5.94. The Kier molecular flexibility index (Phi) is 4.43. The van der Waals surface area contributed by atoms with E-state index in [4.69, 9.17) is 4.42 Å². The SMILES string of the molecule is O=C(c1n[nH]c2c1CCCC2)N1CCCC(c2nnc(-c3ccccc3)o2)C1. The number of H-pyrrole nitrogens is 1. The minimum absolute atomic E-state index is 0.0203. The Labute approximate surface area is 163 Å². The van der Waals surface area contributed by atoms with Gasteiger partial charge in [-0.1, -0.05) is 18.2 Å². The fraction of sp³-hybridized carbons (Fsp3) is 0.429. The second-order valence-electron chi connectivity index (χ2n) is 7.64. The molecule has 5 rings (SSSR count). The number of aryl methyl sites for hydroxylation is 1. The van der Waals surface area contributed by atoms with Crippen LogP contribution in [0.2, 0.25) is 0 Å². The van der Waals surface area contributed by atoms with Gasteiger partial charge in [-0.2, -0.15) is 5.10 Å². The summed E-state index contributed by atoms with van der Waals surface area (Å²) in [4.78, 5) is 15.0. The maximum atomic E-state index is 13.1. The first-order chi connectivity index (χ1) is 13.8. The van der Waals surface area contributed by atoms with Gasteiger partial charge >= 0.3 is 0 Å². The fourth-order valence-electron chi connectivity index (χ4n) is 4.27. The van der Waals surface area contributed by atoms with Crippen LogP contribution in [0.1, 0.15) is 59.2 Å². The Hall–Kier alpha value is -2.96. The minimum atomic E-state index is 0.0203. The van der Waals surface area contributed by atoms with E-state index in [0.29, 0.717) is 24.0 Å². The molecule has 1 aliphatic heterocycles. The van der Waals surface area contributed by atoms with E-state index in [9.17, 15) is 4.79 Å². The second kappa shape index (κ2) is 7.22. The summed E-state index contributed by atoms with van der Waals surface area (Å²) in [6, 6.07) is 9.76. The Balaban J connectivity index is 1.33. The smallest absolute Gasteiger partial charge is 0.274 e. The molecule has 7 nitrogen and oxygen atoms in total. The molecule has 1 aliphatic carbocycles. The molecular formula is C21H23N5O2. The Bertz CT molecular complexity index is 978. The van der Waals surface area contributed by atoms with Crippen LogP contribution in [0.3, 0.4) is 0 Å². The number of nitrogens with one attached hydrogen (secondary N) is 1. The van der Waals surface area contributed by atoms with Crippen molar-refractivity contribution in [1.82, 2.24) is 25.3 Å². The van der Waals surface area contributed by atoms with Gasteiger partial charge < -0.3 is 9.32 Å². The summed E-state index contributed by atoms with van der Waals surface area (Å²) in [5, 5.41) is 15.9. The zero-order valence-electron chi connectivity index (χ0n) is 15.7. The molecule has 2 aromatic heterocycles. The fourth-order valence-corrected chi connectivity index (χ4v) is 4.27. The van der Waals surface area contributed by atoms with Crippen molar-refractivity contribution >= 4 is 5.91 Å². The normalized spacial score (nSPS) is 19.4. The van der Waals surface area contributed by atoms with Gasteiger partial charge in [-0.05, 0) is 50.7 Å². The van der Waals surface area contributed by atoms with Gasteiger partial charge in [-0.3, -0.25) is 9.89 Å². The highest BCUT2D eigenvalue weighted by Crippen LogP contribution is 2.30. The molecule has 1 atom stereocenters. The maximum Gasteiger partial charge on any atom is 0.274 e. The van der Waals surface area contributed by atoms with Crippen LogP contribution >= 0.6 is 0 Å². The number of benzene rings is 1. The van der Waals surface area contributed by atoms with Gasteiger partial charge in [0, 0.05) is 29.9 Å². The van der Waals surface area contributed by atoms with Crippen LogP contribution in [0.5, 0.6) is 0 Å². The van der Waals surface area contributed by atoms with Crippen LogP contribution in [0, 0.1) is 0 Å². The highest BCUT2D eigenvalue weighted by Gasteiger charge is 2.32. The van der Waals surface area contributed by atoms with Crippen molar-refractivity contribution in [1.29, 1.82) is 0 Å². The molecule has 1 amide bonds. The summed E-state index contributed by atoms with van der Waals surface area (Å²) in [5.41, 5.74) is 3.76. The molecule has 144 valence electrons. The quantitative estimate of drug-likeness (QED) is 0.756. The van der Waals surface area contributed by atoms with Crippen LogP contribution in [-0.4, -0.2) is 44.3 Å². The van der Waals surface area contributed by atoms with E-state index < -0.39 is 0 Å². The number of hydrogen-bond acceptors (Lipinski definition) is 5. The van der Waals surface area contributed by atoms with Crippen molar-refractivity contribution in [2.75, 3.05) is 13.1 Å². The third-order valence-electron chi connectivity index (χ3n) is 5.78. The zero-order valence-corrected chi connectivity index (χ0v) is 15.7. The van der Waals surface area contributed by atoms with E-state index in [-0.39, 0.29) is 11.8 Å². The Morgan fingerprint density at radius 2 is 1.96 bits per heavy atom. The first kappa shape index (κ1) is 17.2. The predicted octanol–water partition coefficient (Wildman–Crippen LogP) is 3.36. The lowest BCUT2D eigenvalue weighted by Gasteiger charge is -2.31. The minimum Gasteiger partial charge on any atom is -0.420 e. The molecular weight excluding hydrogens is 354 g/mol. The topological polar surface area (TPSA) is 87.9 Å². The molecule has 7 heteroatoms. The Morgan fingerprint density at radius 3 is 2.86 bits per heavy atom. The van der Waals surface area contributed by atoms with Gasteiger partial charge in [0.1, 0.15) is 0 Å². The maximum absolute atomic E-state index is 13.1. The second-order valence-corrected chi connectivity index (χ2v) is 7.64. The van der Waals surface area contributed by atoms with Crippen molar-refractivity contribution in [3.63, 3.8) is 0 Å². The summed E-state index contributed by atoms with van der Waals surface area (Å²) in [6.07, 6.45) is 6.08. The van der Waals surface area contributed by atoms with Gasteiger partial charge in [0.15, 0.2) is 5.69 Å². The number of rotatable bonds is 3. The Morgan fingerprint density at radius 1 is 1.11 bits per heavy atom. The third kappa shape index (κ3) is 3.10. The molecule has 0 bridgehead atoms. The number of fused-ring (bicyclic) bond motifs is 1. The standard InChI is InChI=1S/C21H23N5O2/c27-21(18-16-10-4-5-11-17(16)22-23-18)26-12-6-9-15(13-26)20-25-24-19(28-20)14-7-2-1-3-8-14/h1-3,7-8,15H,4-6,9-13H2,(H,22,23). The number of likely N-dealkylation sites (tertiary alicyclic amines) is 1. The number of hydrogen-bond donors (Lipinski definition) is 1. The monoisotopic (exact) mass is 377 g/mol. The molecule has 1 saturated heterocycles. The molecule has 28 heavy (non-hydrogen) atoms. The summed E-state index contributed by atoms with van der Waals surface area (Å²) in [5.74, 6) is 1.23. The van der Waals surface area contributed by atoms with Gasteiger partial charge in [0.25, 0.3) is 5.91 Å². The summed E-state index contributed by atoms with van der Waals surface area (Å²) >= 11 is 0. The average Bonchev–Trinajstić information content (AvgIpc) is 3.42. The number of carbonyl (C=O) groups is 1. The van der Waals surface area contributed by atoms with Crippen molar-refractivity contribution < 1.29 is 9.21 Å². The lowest BCUT2D eigenvalue weighted by atomic mass is 9.94. The molecule has 3 heterocycles. The van der Waals surface area contributed by atoms with Crippen molar-refractivity contribution in [3.8, 4) is 11.5 Å². The lowest BCUT2D eigenvalue weighted by molar-refractivity contribution is 0.0691. The van der Waals surface area contributed by atoms with Crippen LogP contribution in [0.25, 0.3) is 11.5 Å². The zero-order chi connectivity index (χ0) is 18.9. The van der Waals surface area contributed by atoms with Gasteiger partial charge in [0.05, 0.1) is 5.92 Å². The van der Waals surface area contributed by atoms with Crippen molar-refractivity contribution in [3.05, 3.63) is 53.2 Å². The van der Waals surface area contributed by atoms with Crippen LogP contribution < -0.4 is 0 Å². The van der Waals surface area contributed by atoms with E-state index in [1.807, 2.05) is 35.2 Å². The van der Waals surface area contributed by atoms with Crippen LogP contribution in [0.4, 0.5) is 0 Å². The molecule has 0 saturated carbocycles. The summed E-state index contributed by atoms with van der Waals surface area (Å²) in [6.45, 7) is 1.34. The van der Waals surface area contributed by atoms with E-state index >= 15 is 0 Å². The number of aromatic amines is 1. The van der Waals surface area contributed by atoms with Gasteiger partial charge in [0.2, 0.25) is 11.8 Å². The first-order valence-electron chi connectivity index (χ1n) is 10.0. The van der Waals surface area contributed by atoms with Crippen LogP contribution in [0.15, 0.2) is 34.7 Å². The molecule has 3 aromatic rings. The van der Waals surface area contributed by atoms with E-state index in [1.54, 1.807) is 0 Å². The number of aromatic nitrogens is 4. The number of carbonyl (C=O) groups excluding carboxylic acids is 1. The van der Waals surface area contributed by atoms with E-state index in [1.165, 1.54) is 0 Å². The molecule has 0 radical (unpaired) electrons. The molecule has 1 unspecified atom stereocenters. The molecule has 1 N–H and O–H groups in total. The van der Waals surface area contributed by atoms with Gasteiger partial charge in [-0.15, -0.1) is 10.2 Å². The number of piperidine rings is 1. The van der Waals surface area contributed by atoms with Gasteiger partial charge in [-0.25, -0.2) is 0 Å². The first-order valence-corrected chi connectivity index (χ1v) is 10.0. The number of nitrogens with zero attached hydrogens (tertiary/aromatic N) is 4. The van der Waals surface area contributed by atoms with Crippen molar-refractivity contribution in [2.24, 2.45) is 0 Å². The molecule has 2 aliphatic rings. The van der Waals surface area contributed by atoms with Crippen molar-refractivity contribution in [2.45, 2.75) is 44.4 Å². The largest absolute Gasteiger partial charge is 0.420 e. The molecule has 1 aromatic carbocycles. The number of amides is 1. The predicted molar refractivity (Wildman–Crippen MR) is 103 cm³/mol. The lowest BCUT2D eigenvalue weighted by Crippen LogP contribution is -2.39. The van der Waals surface area contributed by atoms with E-state index in [2.05, 4.69) is 20.4 Å². The molecule has 0 spiro atoms. The highest BCUT2D eigenvalue weighted by molar-refractivity contribution is 5.94. The average molecular weight is 377 g/mol. The molecule has 1 fully saturated rings. The van der Waals surface area contributed by atoms with Crippen LogP contribution in [-0.2, 0) is 12.8 Å². The summed E-state index contributed by atoms with van der Waals surface area (Å²) in [7, 11) is 0. The van der Waals surface area contributed by atoms with E-state index in [0.717, 1.165) is 61.9 Å². The highest BCUT2D eigenvalue weighted by atomic mass is 16.4.